The lowest BCUT2D eigenvalue weighted by atomic mass is 10.2. The highest BCUT2D eigenvalue weighted by molar-refractivity contribution is 6.12. The summed E-state index contributed by atoms with van der Waals surface area (Å²) >= 11 is 0. The summed E-state index contributed by atoms with van der Waals surface area (Å²) < 4.78 is 0. The molecule has 0 N–H and O–H groups in total. The van der Waals surface area contributed by atoms with E-state index in [0.717, 1.165) is 23.1 Å². The minimum Gasteiger partial charge on any atom is -0.265 e. The summed E-state index contributed by atoms with van der Waals surface area (Å²) in [7, 11) is 0. The zero-order chi connectivity index (χ0) is 23.0. The van der Waals surface area contributed by atoms with Crippen molar-refractivity contribution in [1.29, 1.82) is 0 Å². The van der Waals surface area contributed by atoms with Crippen LogP contribution in [0.2, 0.25) is 0 Å². The van der Waals surface area contributed by atoms with Crippen LogP contribution in [0.3, 0.4) is 0 Å². The van der Waals surface area contributed by atoms with E-state index in [9.17, 15) is 0 Å². The highest BCUT2D eigenvalue weighted by atomic mass is 14.9. The first-order valence-electron chi connectivity index (χ1n) is 10.1. The number of nitrogens with zero attached hydrogens (tertiary/aromatic N) is 4. The van der Waals surface area contributed by atoms with Crippen molar-refractivity contribution in [3.8, 4) is 35.5 Å². The molecule has 2 rings (SSSR count). The Hall–Kier alpha value is -4.46. The van der Waals surface area contributed by atoms with Crippen LogP contribution < -0.4 is 0 Å². The Morgan fingerprint density at radius 2 is 1.50 bits per heavy atom. The lowest BCUT2D eigenvalue weighted by molar-refractivity contribution is 1.21. The van der Waals surface area contributed by atoms with E-state index in [0.29, 0.717) is 11.4 Å². The molecule has 4 nitrogen and oxygen atoms in total. The SMILES string of the molecule is C=C(C#CC(/C=C\C)=C/CC)/N=C(C#Cc1ccncc1)\N=C(/C)C#Cc1ccncc1. The van der Waals surface area contributed by atoms with Crippen molar-refractivity contribution in [1.82, 2.24) is 9.97 Å². The molecule has 0 atom stereocenters. The third-order valence-corrected chi connectivity index (χ3v) is 3.70. The van der Waals surface area contributed by atoms with Gasteiger partial charge in [0.15, 0.2) is 0 Å². The van der Waals surface area contributed by atoms with Crippen LogP contribution in [-0.2, 0) is 0 Å². The van der Waals surface area contributed by atoms with E-state index < -0.39 is 0 Å². The third kappa shape index (κ3) is 9.36. The van der Waals surface area contributed by atoms with E-state index in [1.165, 1.54) is 0 Å². The molecule has 0 aliphatic rings. The molecular weight excluding hydrogens is 392 g/mol. The lowest BCUT2D eigenvalue weighted by Gasteiger charge is -1.94. The highest BCUT2D eigenvalue weighted by Gasteiger charge is 1.96. The Bertz CT molecular complexity index is 1230. The lowest BCUT2D eigenvalue weighted by Crippen LogP contribution is -1.97. The fourth-order valence-electron chi connectivity index (χ4n) is 2.29. The van der Waals surface area contributed by atoms with Gasteiger partial charge in [-0.3, -0.25) is 9.97 Å². The van der Waals surface area contributed by atoms with Gasteiger partial charge in [-0.25, -0.2) is 9.98 Å². The fraction of sp³-hybridized carbons (Fsp3) is 0.143. The molecule has 0 aliphatic carbocycles. The molecule has 0 saturated heterocycles. The molecule has 0 amide bonds. The van der Waals surface area contributed by atoms with Crippen molar-refractivity contribution in [2.24, 2.45) is 9.98 Å². The average molecular weight is 417 g/mol. The van der Waals surface area contributed by atoms with E-state index in [4.69, 9.17) is 0 Å². The first-order valence-corrected chi connectivity index (χ1v) is 10.1. The Morgan fingerprint density at radius 3 is 2.06 bits per heavy atom. The van der Waals surface area contributed by atoms with Crippen molar-refractivity contribution in [2.75, 3.05) is 0 Å². The maximum atomic E-state index is 4.48. The van der Waals surface area contributed by atoms with E-state index in [1.807, 2.05) is 49.4 Å². The third-order valence-electron chi connectivity index (χ3n) is 3.70. The average Bonchev–Trinajstić information content (AvgIpc) is 2.81. The van der Waals surface area contributed by atoms with Gasteiger partial charge in [0.25, 0.3) is 0 Å². The molecule has 2 aromatic rings. The molecule has 156 valence electrons. The molecular formula is C28H24N4. The molecule has 0 aliphatic heterocycles. The van der Waals surface area contributed by atoms with E-state index in [1.54, 1.807) is 31.7 Å². The number of amidine groups is 1. The van der Waals surface area contributed by atoms with Gasteiger partial charge in [0.1, 0.15) is 5.70 Å². The van der Waals surface area contributed by atoms with Crippen LogP contribution in [0.5, 0.6) is 0 Å². The molecule has 0 aromatic carbocycles. The van der Waals surface area contributed by atoms with Crippen molar-refractivity contribution in [3.63, 3.8) is 0 Å². The topological polar surface area (TPSA) is 50.5 Å². The maximum Gasteiger partial charge on any atom is 0.207 e. The van der Waals surface area contributed by atoms with Crippen LogP contribution in [0.25, 0.3) is 0 Å². The standard InChI is InChI=1S/C28H24N4/c1-5-7-25(8-6-2)11-9-23(3)31-28(14-13-27-17-21-30-22-18-27)32-24(4)10-12-26-15-19-29-20-16-26/h5,7-8,15-22H,3,6H2,1-2,4H3/b7-5-,25-8+,31-28-,32-24+. The summed E-state index contributed by atoms with van der Waals surface area (Å²) in [5.41, 5.74) is 3.52. The van der Waals surface area contributed by atoms with Crippen LogP contribution >= 0.6 is 0 Å². The van der Waals surface area contributed by atoms with Crippen molar-refractivity contribution < 1.29 is 0 Å². The number of allylic oxidation sites excluding steroid dienone is 5. The van der Waals surface area contributed by atoms with E-state index in [2.05, 4.69) is 69.0 Å². The van der Waals surface area contributed by atoms with Gasteiger partial charge in [0, 0.05) is 41.5 Å². The zero-order valence-electron chi connectivity index (χ0n) is 18.6. The molecule has 0 fully saturated rings. The molecule has 0 unspecified atom stereocenters. The van der Waals surface area contributed by atoms with Gasteiger partial charge in [0.05, 0.1) is 5.71 Å². The first-order chi connectivity index (χ1) is 15.6. The monoisotopic (exact) mass is 416 g/mol. The van der Waals surface area contributed by atoms with Gasteiger partial charge in [0.2, 0.25) is 5.84 Å². The van der Waals surface area contributed by atoms with Crippen LogP contribution in [0.15, 0.2) is 95.1 Å². The molecule has 2 aromatic heterocycles. The molecule has 2 heterocycles. The molecule has 0 spiro atoms. The smallest absolute Gasteiger partial charge is 0.207 e. The van der Waals surface area contributed by atoms with Crippen molar-refractivity contribution in [2.45, 2.75) is 27.2 Å². The van der Waals surface area contributed by atoms with Crippen LogP contribution in [-0.4, -0.2) is 21.5 Å². The van der Waals surface area contributed by atoms with Crippen molar-refractivity contribution in [3.05, 3.63) is 96.3 Å². The Kier molecular flexibility index (Phi) is 10.2. The van der Waals surface area contributed by atoms with Crippen molar-refractivity contribution >= 4 is 11.5 Å². The number of pyridine rings is 2. The minimum absolute atomic E-state index is 0.287. The van der Waals surface area contributed by atoms with Gasteiger partial charge in [-0.2, -0.15) is 0 Å². The van der Waals surface area contributed by atoms with Crippen LogP contribution in [0, 0.1) is 35.5 Å². The van der Waals surface area contributed by atoms with Crippen LogP contribution in [0.4, 0.5) is 0 Å². The van der Waals surface area contributed by atoms with Gasteiger partial charge < -0.3 is 0 Å². The second-order valence-corrected chi connectivity index (χ2v) is 6.37. The van der Waals surface area contributed by atoms with Gasteiger partial charge in [-0.15, -0.1) is 0 Å². The molecule has 0 saturated carbocycles. The van der Waals surface area contributed by atoms with Gasteiger partial charge in [-0.1, -0.05) is 49.5 Å². The molecule has 4 heteroatoms. The second-order valence-electron chi connectivity index (χ2n) is 6.37. The number of aliphatic imine (C=N–C) groups is 2. The highest BCUT2D eigenvalue weighted by Crippen LogP contribution is 2.01. The number of rotatable bonds is 3. The minimum atomic E-state index is 0.287. The predicted molar refractivity (Wildman–Crippen MR) is 133 cm³/mol. The Balaban J connectivity index is 2.36. The van der Waals surface area contributed by atoms with Gasteiger partial charge >= 0.3 is 0 Å². The normalized spacial score (nSPS) is 11.5. The fourth-order valence-corrected chi connectivity index (χ4v) is 2.29. The Morgan fingerprint density at radius 1 is 0.906 bits per heavy atom. The summed E-state index contributed by atoms with van der Waals surface area (Å²) in [6.45, 7) is 9.76. The molecule has 0 bridgehead atoms. The predicted octanol–water partition coefficient (Wildman–Crippen LogP) is 5.17. The molecule has 0 radical (unpaired) electrons. The second kappa shape index (κ2) is 13.7. The summed E-state index contributed by atoms with van der Waals surface area (Å²) in [5.74, 6) is 18.4. The largest absolute Gasteiger partial charge is 0.265 e. The summed E-state index contributed by atoms with van der Waals surface area (Å²) in [5, 5.41) is 0. The zero-order valence-corrected chi connectivity index (χ0v) is 18.6. The summed E-state index contributed by atoms with van der Waals surface area (Å²) in [4.78, 5) is 16.9. The quantitative estimate of drug-likeness (QED) is 0.300. The number of hydrogen-bond acceptors (Lipinski definition) is 3. The van der Waals surface area contributed by atoms with Crippen LogP contribution in [0.1, 0.15) is 38.3 Å². The van der Waals surface area contributed by atoms with E-state index >= 15 is 0 Å². The molecule has 32 heavy (non-hydrogen) atoms. The summed E-state index contributed by atoms with van der Waals surface area (Å²) in [6.07, 6.45) is 13.6. The maximum absolute atomic E-state index is 4.48. The Labute approximate surface area is 190 Å². The van der Waals surface area contributed by atoms with Gasteiger partial charge in [-0.05, 0) is 62.3 Å². The first kappa shape index (κ1) is 23.8. The summed E-state index contributed by atoms with van der Waals surface area (Å²) in [6, 6.07) is 7.31. The number of hydrogen-bond donors (Lipinski definition) is 0. The van der Waals surface area contributed by atoms with E-state index in [-0.39, 0.29) is 5.84 Å². The number of aromatic nitrogens is 2.